The first kappa shape index (κ1) is 16.2. The smallest absolute Gasteiger partial charge is 0.144 e. The van der Waals surface area contributed by atoms with E-state index in [1.54, 1.807) is 0 Å². The molecule has 1 aliphatic heterocycles. The van der Waals surface area contributed by atoms with Crippen molar-refractivity contribution in [3.8, 4) is 0 Å². The second-order valence-electron chi connectivity index (χ2n) is 5.90. The van der Waals surface area contributed by atoms with Crippen LogP contribution in [-0.4, -0.2) is 59.0 Å². The van der Waals surface area contributed by atoms with Crippen LogP contribution in [0, 0.1) is 0 Å². The molecule has 0 bridgehead atoms. The van der Waals surface area contributed by atoms with Gasteiger partial charge in [-0.15, -0.1) is 0 Å². The number of nitrogens with zero attached hydrogens (tertiary/aromatic N) is 4. The van der Waals surface area contributed by atoms with E-state index < -0.39 is 0 Å². The van der Waals surface area contributed by atoms with Crippen molar-refractivity contribution in [2.75, 3.05) is 38.5 Å². The van der Waals surface area contributed by atoms with Crippen molar-refractivity contribution in [2.45, 2.75) is 45.7 Å². The minimum Gasteiger partial charge on any atom is -0.369 e. The molecule has 1 fully saturated rings. The molecule has 2 heterocycles. The molecule has 1 aromatic rings. The molecule has 21 heavy (non-hydrogen) atoms. The summed E-state index contributed by atoms with van der Waals surface area (Å²) in [7, 11) is 2.21. The summed E-state index contributed by atoms with van der Waals surface area (Å²) >= 11 is 0. The minimum atomic E-state index is 0.674. The minimum absolute atomic E-state index is 0.674. The van der Waals surface area contributed by atoms with Crippen LogP contribution in [-0.2, 0) is 6.54 Å². The number of hydrogen-bond acceptors (Lipinski definition) is 5. The van der Waals surface area contributed by atoms with Gasteiger partial charge in [0, 0.05) is 19.1 Å². The van der Waals surface area contributed by atoms with E-state index >= 15 is 0 Å². The zero-order valence-electron chi connectivity index (χ0n) is 13.7. The van der Waals surface area contributed by atoms with Crippen LogP contribution in [0.15, 0.2) is 12.4 Å². The third-order valence-electron chi connectivity index (χ3n) is 4.30. The van der Waals surface area contributed by atoms with E-state index in [2.05, 4.69) is 46.0 Å². The van der Waals surface area contributed by atoms with E-state index in [0.717, 1.165) is 31.0 Å². The molecule has 5 nitrogen and oxygen atoms in total. The Hall–Kier alpha value is -1.20. The first-order chi connectivity index (χ1) is 10.2. The maximum atomic E-state index is 4.52. The van der Waals surface area contributed by atoms with Crippen molar-refractivity contribution < 1.29 is 0 Å². The van der Waals surface area contributed by atoms with E-state index in [1.165, 1.54) is 32.5 Å². The second-order valence-corrected chi connectivity index (χ2v) is 5.90. The molecule has 0 radical (unpaired) electrons. The van der Waals surface area contributed by atoms with Crippen molar-refractivity contribution in [2.24, 2.45) is 0 Å². The number of aromatic nitrogens is 2. The average Bonchev–Trinajstić information content (AvgIpc) is 2.54. The highest BCUT2D eigenvalue weighted by molar-refractivity contribution is 5.30. The Labute approximate surface area is 128 Å². The molecule has 1 N–H and O–H groups in total. The van der Waals surface area contributed by atoms with Crippen LogP contribution in [0.5, 0.6) is 0 Å². The molecule has 1 aliphatic rings. The molecule has 118 valence electrons. The zero-order valence-corrected chi connectivity index (χ0v) is 13.7. The summed E-state index contributed by atoms with van der Waals surface area (Å²) in [5.74, 6) is 0.875. The summed E-state index contributed by atoms with van der Waals surface area (Å²) in [5, 5.41) is 3.26. The monoisotopic (exact) mass is 291 g/mol. The number of rotatable bonds is 7. The largest absolute Gasteiger partial charge is 0.369 e. The van der Waals surface area contributed by atoms with Crippen molar-refractivity contribution in [1.82, 2.24) is 19.8 Å². The fourth-order valence-electron chi connectivity index (χ4n) is 2.84. The standard InChI is InChI=1S/C16H29N5/c1-4-8-17-16-12-18-14(11-19-16)13-20(3)15-6-9-21(5-2)10-7-15/h11-12,15H,4-10,13H2,1-3H3,(H,17,19). The van der Waals surface area contributed by atoms with Crippen LogP contribution in [0.2, 0.25) is 0 Å². The lowest BCUT2D eigenvalue weighted by Gasteiger charge is -2.36. The first-order valence-corrected chi connectivity index (χ1v) is 8.20. The SMILES string of the molecule is CCCNc1cnc(CN(C)C2CCN(CC)CC2)cn1. The number of piperidine rings is 1. The molecule has 2 rings (SSSR count). The number of nitrogens with one attached hydrogen (secondary N) is 1. The van der Waals surface area contributed by atoms with Crippen LogP contribution in [0.25, 0.3) is 0 Å². The molecule has 1 aromatic heterocycles. The highest BCUT2D eigenvalue weighted by Crippen LogP contribution is 2.16. The van der Waals surface area contributed by atoms with E-state index in [4.69, 9.17) is 0 Å². The maximum absolute atomic E-state index is 4.52. The molecule has 0 atom stereocenters. The Balaban J connectivity index is 1.81. The Kier molecular flexibility index (Phi) is 6.39. The molecule has 0 amide bonds. The van der Waals surface area contributed by atoms with Crippen LogP contribution in [0.3, 0.4) is 0 Å². The first-order valence-electron chi connectivity index (χ1n) is 8.20. The molecule has 0 spiro atoms. The molecule has 0 saturated carbocycles. The summed E-state index contributed by atoms with van der Waals surface area (Å²) in [6, 6.07) is 0.674. The Morgan fingerprint density at radius 1 is 1.24 bits per heavy atom. The summed E-state index contributed by atoms with van der Waals surface area (Å²) in [4.78, 5) is 13.9. The fourth-order valence-corrected chi connectivity index (χ4v) is 2.84. The zero-order chi connectivity index (χ0) is 15.1. The van der Waals surface area contributed by atoms with Crippen LogP contribution < -0.4 is 5.32 Å². The third-order valence-corrected chi connectivity index (χ3v) is 4.30. The van der Waals surface area contributed by atoms with Crippen molar-refractivity contribution in [3.63, 3.8) is 0 Å². The van der Waals surface area contributed by atoms with Gasteiger partial charge in [0.25, 0.3) is 0 Å². The third kappa shape index (κ3) is 4.93. The highest BCUT2D eigenvalue weighted by atomic mass is 15.2. The van der Waals surface area contributed by atoms with Gasteiger partial charge in [-0.1, -0.05) is 13.8 Å². The normalized spacial score (nSPS) is 17.3. The van der Waals surface area contributed by atoms with Gasteiger partial charge in [0.2, 0.25) is 0 Å². The topological polar surface area (TPSA) is 44.3 Å². The van der Waals surface area contributed by atoms with Crippen molar-refractivity contribution in [3.05, 3.63) is 18.1 Å². The molecule has 1 saturated heterocycles. The summed E-state index contributed by atoms with van der Waals surface area (Å²) < 4.78 is 0. The van der Waals surface area contributed by atoms with Gasteiger partial charge in [-0.3, -0.25) is 9.88 Å². The van der Waals surface area contributed by atoms with E-state index in [9.17, 15) is 0 Å². The second kappa shape index (κ2) is 8.29. The number of anilines is 1. The van der Waals surface area contributed by atoms with Crippen LogP contribution in [0.4, 0.5) is 5.82 Å². The Bertz CT molecular complexity index is 398. The van der Waals surface area contributed by atoms with Gasteiger partial charge in [-0.05, 0) is 45.9 Å². The Morgan fingerprint density at radius 2 is 2.00 bits per heavy atom. The van der Waals surface area contributed by atoms with Gasteiger partial charge in [0.1, 0.15) is 5.82 Å². The number of hydrogen-bond donors (Lipinski definition) is 1. The summed E-state index contributed by atoms with van der Waals surface area (Å²) in [5.41, 5.74) is 1.05. The van der Waals surface area contributed by atoms with Crippen molar-refractivity contribution in [1.29, 1.82) is 0 Å². The molecular weight excluding hydrogens is 262 g/mol. The van der Waals surface area contributed by atoms with E-state index in [-0.39, 0.29) is 0 Å². The average molecular weight is 291 g/mol. The van der Waals surface area contributed by atoms with Gasteiger partial charge < -0.3 is 10.2 Å². The van der Waals surface area contributed by atoms with E-state index in [0.29, 0.717) is 6.04 Å². The van der Waals surface area contributed by atoms with E-state index in [1.807, 2.05) is 12.4 Å². The van der Waals surface area contributed by atoms with Gasteiger partial charge >= 0.3 is 0 Å². The fraction of sp³-hybridized carbons (Fsp3) is 0.750. The summed E-state index contributed by atoms with van der Waals surface area (Å²) in [6.07, 6.45) is 7.36. The molecular formula is C16H29N5. The van der Waals surface area contributed by atoms with Crippen molar-refractivity contribution >= 4 is 5.82 Å². The maximum Gasteiger partial charge on any atom is 0.144 e. The van der Waals surface area contributed by atoms with Gasteiger partial charge in [0.15, 0.2) is 0 Å². The quantitative estimate of drug-likeness (QED) is 0.834. The lowest BCUT2D eigenvalue weighted by atomic mass is 10.0. The van der Waals surface area contributed by atoms with Gasteiger partial charge in [-0.2, -0.15) is 0 Å². The predicted octanol–water partition coefficient (Wildman–Crippen LogP) is 2.21. The molecule has 0 aromatic carbocycles. The lowest BCUT2D eigenvalue weighted by molar-refractivity contribution is 0.126. The lowest BCUT2D eigenvalue weighted by Crippen LogP contribution is -2.43. The molecule has 0 unspecified atom stereocenters. The van der Waals surface area contributed by atoms with Gasteiger partial charge in [0.05, 0.1) is 18.1 Å². The molecule has 5 heteroatoms. The van der Waals surface area contributed by atoms with Gasteiger partial charge in [-0.25, -0.2) is 4.98 Å². The predicted molar refractivity (Wildman–Crippen MR) is 87.4 cm³/mol. The van der Waals surface area contributed by atoms with Crippen LogP contribution >= 0.6 is 0 Å². The van der Waals surface area contributed by atoms with Crippen LogP contribution in [0.1, 0.15) is 38.8 Å². The summed E-state index contributed by atoms with van der Waals surface area (Å²) in [6.45, 7) is 9.84. The number of likely N-dealkylation sites (tertiary alicyclic amines) is 1. The Morgan fingerprint density at radius 3 is 2.57 bits per heavy atom. The highest BCUT2D eigenvalue weighted by Gasteiger charge is 2.21. The molecule has 0 aliphatic carbocycles.